The van der Waals surface area contributed by atoms with Gasteiger partial charge in [-0.05, 0) is 38.3 Å². The summed E-state index contributed by atoms with van der Waals surface area (Å²) < 4.78 is 2.10. The van der Waals surface area contributed by atoms with E-state index in [9.17, 15) is 4.79 Å². The number of fused-ring (bicyclic) bond motifs is 1. The van der Waals surface area contributed by atoms with Crippen LogP contribution in [0.2, 0.25) is 0 Å². The molecule has 1 amide bonds. The summed E-state index contributed by atoms with van der Waals surface area (Å²) in [6, 6.07) is 6.36. The number of likely N-dealkylation sites (tertiary alicyclic amines) is 1. The van der Waals surface area contributed by atoms with Crippen LogP contribution in [0.15, 0.2) is 29.4 Å². The van der Waals surface area contributed by atoms with Crippen molar-refractivity contribution >= 4 is 17.5 Å². The van der Waals surface area contributed by atoms with Crippen LogP contribution in [0.3, 0.4) is 0 Å². The Morgan fingerprint density at radius 3 is 2.83 bits per heavy atom. The number of hydrogen-bond acceptors (Lipinski definition) is 3. The summed E-state index contributed by atoms with van der Waals surface area (Å²) in [6.07, 6.45) is 8.83. The minimum absolute atomic E-state index is 0.247. The Hall–Kier alpha value is -2.57. The minimum atomic E-state index is 0.247. The number of amides is 1. The number of nitrogens with zero attached hydrogens (tertiary/aromatic N) is 4. The molecule has 29 heavy (non-hydrogen) atoms. The summed E-state index contributed by atoms with van der Waals surface area (Å²) in [4.78, 5) is 23.8. The lowest BCUT2D eigenvalue weighted by atomic mass is 9.88. The molecule has 1 saturated carbocycles. The van der Waals surface area contributed by atoms with Crippen molar-refractivity contribution in [3.05, 3.63) is 35.8 Å². The zero-order chi connectivity index (χ0) is 20.2. The van der Waals surface area contributed by atoms with Gasteiger partial charge in [-0.15, -0.1) is 0 Å². The Bertz CT molecular complexity index is 883. The molecule has 1 aliphatic carbocycles. The predicted octanol–water partition coefficient (Wildman–Crippen LogP) is 2.49. The first-order valence-electron chi connectivity index (χ1n) is 10.8. The average molecular weight is 397 g/mol. The van der Waals surface area contributed by atoms with Crippen molar-refractivity contribution in [1.82, 2.24) is 24.9 Å². The molecule has 0 bridgehead atoms. The van der Waals surface area contributed by atoms with Crippen LogP contribution >= 0.6 is 0 Å². The maximum Gasteiger partial charge on any atom is 0.225 e. The Labute approximate surface area is 172 Å². The first-order valence-corrected chi connectivity index (χ1v) is 10.8. The number of nitrogens with one attached hydrogen (secondary N) is 2. The SMILES string of the molecule is CN=C(NCc1cn2c(C)cccc2n1)NC1CCN(C(=O)C2CCCCC2)C1. The van der Waals surface area contributed by atoms with Crippen molar-refractivity contribution in [2.24, 2.45) is 10.9 Å². The first kappa shape index (κ1) is 19.7. The highest BCUT2D eigenvalue weighted by molar-refractivity contribution is 5.81. The zero-order valence-electron chi connectivity index (χ0n) is 17.5. The minimum Gasteiger partial charge on any atom is -0.352 e. The fourth-order valence-electron chi connectivity index (χ4n) is 4.53. The molecule has 0 radical (unpaired) electrons. The van der Waals surface area contributed by atoms with Crippen LogP contribution in [0, 0.1) is 12.8 Å². The number of carbonyl (C=O) groups is 1. The Kier molecular flexibility index (Phi) is 6.02. The Balaban J connectivity index is 1.29. The van der Waals surface area contributed by atoms with Crippen LogP contribution < -0.4 is 10.6 Å². The largest absolute Gasteiger partial charge is 0.352 e. The number of aromatic nitrogens is 2. The van der Waals surface area contributed by atoms with E-state index in [2.05, 4.69) is 44.2 Å². The molecular weight excluding hydrogens is 364 g/mol. The number of rotatable bonds is 4. The van der Waals surface area contributed by atoms with Crippen LogP contribution in [-0.2, 0) is 11.3 Å². The monoisotopic (exact) mass is 396 g/mol. The molecule has 4 rings (SSSR count). The smallest absolute Gasteiger partial charge is 0.225 e. The van der Waals surface area contributed by atoms with Crippen LogP contribution in [0.4, 0.5) is 0 Å². The second kappa shape index (κ2) is 8.84. The fraction of sp³-hybridized carbons (Fsp3) is 0.591. The molecule has 1 aliphatic heterocycles. The molecule has 2 aliphatic rings. The van der Waals surface area contributed by atoms with E-state index >= 15 is 0 Å². The van der Waals surface area contributed by atoms with Crippen LogP contribution in [0.1, 0.15) is 49.9 Å². The second-order valence-electron chi connectivity index (χ2n) is 8.30. The fourth-order valence-corrected chi connectivity index (χ4v) is 4.53. The molecule has 156 valence electrons. The van der Waals surface area contributed by atoms with Crippen molar-refractivity contribution in [3.8, 4) is 0 Å². The lowest BCUT2D eigenvalue weighted by Gasteiger charge is -2.26. The highest BCUT2D eigenvalue weighted by Gasteiger charge is 2.31. The van der Waals surface area contributed by atoms with Gasteiger partial charge in [-0.1, -0.05) is 25.3 Å². The van der Waals surface area contributed by atoms with Crippen molar-refractivity contribution in [2.45, 2.75) is 58.0 Å². The van der Waals surface area contributed by atoms with Crippen molar-refractivity contribution in [1.29, 1.82) is 0 Å². The van der Waals surface area contributed by atoms with Gasteiger partial charge in [0.25, 0.3) is 0 Å². The summed E-state index contributed by atoms with van der Waals surface area (Å²) in [7, 11) is 1.78. The number of guanidine groups is 1. The highest BCUT2D eigenvalue weighted by atomic mass is 16.2. The number of carbonyl (C=O) groups excluding carboxylic acids is 1. The summed E-state index contributed by atoms with van der Waals surface area (Å²) in [5.41, 5.74) is 3.10. The molecular formula is C22H32N6O. The van der Waals surface area contributed by atoms with Gasteiger partial charge in [-0.2, -0.15) is 0 Å². The molecule has 3 heterocycles. The third kappa shape index (κ3) is 4.54. The quantitative estimate of drug-likeness (QED) is 0.615. The van der Waals surface area contributed by atoms with Gasteiger partial charge in [0, 0.05) is 44.0 Å². The van der Waals surface area contributed by atoms with E-state index in [1.165, 1.54) is 19.3 Å². The molecule has 0 spiro atoms. The summed E-state index contributed by atoms with van der Waals surface area (Å²) >= 11 is 0. The molecule has 1 atom stereocenters. The van der Waals surface area contributed by atoms with E-state index in [1.54, 1.807) is 7.05 Å². The lowest BCUT2D eigenvalue weighted by Crippen LogP contribution is -2.45. The maximum absolute atomic E-state index is 12.8. The molecule has 0 aromatic carbocycles. The number of aryl methyl sites for hydroxylation is 1. The molecule has 2 aromatic rings. The molecule has 7 nitrogen and oxygen atoms in total. The Morgan fingerprint density at radius 1 is 1.24 bits per heavy atom. The third-order valence-corrected chi connectivity index (χ3v) is 6.20. The van der Waals surface area contributed by atoms with Crippen molar-refractivity contribution in [3.63, 3.8) is 0 Å². The van der Waals surface area contributed by atoms with E-state index in [1.807, 2.05) is 17.0 Å². The number of hydrogen-bond donors (Lipinski definition) is 2. The van der Waals surface area contributed by atoms with Gasteiger partial charge in [0.1, 0.15) is 5.65 Å². The normalized spacial score (nSPS) is 21.0. The Morgan fingerprint density at radius 2 is 2.07 bits per heavy atom. The van der Waals surface area contributed by atoms with Crippen molar-refractivity contribution < 1.29 is 4.79 Å². The molecule has 7 heteroatoms. The molecule has 2 N–H and O–H groups in total. The second-order valence-corrected chi connectivity index (χ2v) is 8.30. The summed E-state index contributed by atoms with van der Waals surface area (Å²) in [6.45, 7) is 4.30. The number of pyridine rings is 1. The van der Waals surface area contributed by atoms with Gasteiger partial charge in [0.2, 0.25) is 5.91 Å². The van der Waals surface area contributed by atoms with Gasteiger partial charge in [0.15, 0.2) is 5.96 Å². The summed E-state index contributed by atoms with van der Waals surface area (Å²) in [5, 5.41) is 6.84. The molecule has 1 unspecified atom stereocenters. The third-order valence-electron chi connectivity index (χ3n) is 6.20. The van der Waals surface area contributed by atoms with E-state index in [-0.39, 0.29) is 12.0 Å². The maximum atomic E-state index is 12.8. The van der Waals surface area contributed by atoms with E-state index < -0.39 is 0 Å². The number of aliphatic imine (C=N–C) groups is 1. The van der Waals surface area contributed by atoms with E-state index in [0.717, 1.165) is 55.3 Å². The first-order chi connectivity index (χ1) is 14.1. The highest BCUT2D eigenvalue weighted by Crippen LogP contribution is 2.26. The molecule has 2 fully saturated rings. The van der Waals surface area contributed by atoms with Gasteiger partial charge in [0.05, 0.1) is 12.2 Å². The zero-order valence-corrected chi connectivity index (χ0v) is 17.5. The molecule has 2 aromatic heterocycles. The summed E-state index contributed by atoms with van der Waals surface area (Å²) in [5.74, 6) is 1.37. The van der Waals surface area contributed by atoms with Crippen LogP contribution in [0.25, 0.3) is 5.65 Å². The van der Waals surface area contributed by atoms with E-state index in [4.69, 9.17) is 0 Å². The van der Waals surface area contributed by atoms with E-state index in [0.29, 0.717) is 12.5 Å². The predicted molar refractivity (Wildman–Crippen MR) is 115 cm³/mol. The van der Waals surface area contributed by atoms with Gasteiger partial charge in [-0.3, -0.25) is 9.79 Å². The van der Waals surface area contributed by atoms with Crippen LogP contribution in [-0.4, -0.2) is 52.3 Å². The molecule has 1 saturated heterocycles. The van der Waals surface area contributed by atoms with Gasteiger partial charge < -0.3 is 19.9 Å². The van der Waals surface area contributed by atoms with Crippen molar-refractivity contribution in [2.75, 3.05) is 20.1 Å². The van der Waals surface area contributed by atoms with Gasteiger partial charge >= 0.3 is 0 Å². The van der Waals surface area contributed by atoms with Crippen LogP contribution in [0.5, 0.6) is 0 Å². The average Bonchev–Trinajstić information content (AvgIpc) is 3.39. The van der Waals surface area contributed by atoms with Gasteiger partial charge in [-0.25, -0.2) is 4.98 Å². The lowest BCUT2D eigenvalue weighted by molar-refractivity contribution is -0.135. The number of imidazole rings is 1. The topological polar surface area (TPSA) is 74.0 Å². The standard InChI is InChI=1S/C22H32N6O/c1-16-7-6-10-20-25-19(15-28(16)20)13-24-22(23-2)26-18-11-12-27(14-18)21(29)17-8-4-3-5-9-17/h6-7,10,15,17-18H,3-5,8-9,11-14H2,1-2H3,(H2,23,24,26).